The highest BCUT2D eigenvalue weighted by Crippen LogP contribution is 2.32. The van der Waals surface area contributed by atoms with Crippen LogP contribution in [0.15, 0.2) is 36.4 Å². The van der Waals surface area contributed by atoms with Gasteiger partial charge in [-0.05, 0) is 61.8 Å². The van der Waals surface area contributed by atoms with Crippen LogP contribution in [0, 0.1) is 11.2 Å². The SMILES string of the molecule is COc1cc(-c2nc3cc(N4CCCN(C)CC4)ccc3n2CC(=O)CC(C)(C)C)ccc1F. The van der Waals surface area contributed by atoms with Crippen LogP contribution in [0.4, 0.5) is 10.1 Å². The number of aromatic nitrogens is 2. The van der Waals surface area contributed by atoms with Gasteiger partial charge in [0.05, 0.1) is 24.7 Å². The number of rotatable bonds is 6. The number of methoxy groups -OCH3 is 1. The van der Waals surface area contributed by atoms with E-state index in [9.17, 15) is 9.18 Å². The Morgan fingerprint density at radius 1 is 1.09 bits per heavy atom. The average molecular weight is 467 g/mol. The standard InChI is InChI=1S/C27H35FN4O2/c1-27(2,3)17-21(33)18-32-24-10-8-20(31-12-6-11-30(4)13-14-31)16-23(24)29-26(32)19-7-9-22(28)25(15-19)34-5/h7-10,15-16H,6,11-14,17-18H2,1-5H3. The summed E-state index contributed by atoms with van der Waals surface area (Å²) < 4.78 is 21.2. The molecule has 1 fully saturated rings. The molecule has 6 nitrogen and oxygen atoms in total. The molecule has 7 heteroatoms. The van der Waals surface area contributed by atoms with E-state index in [1.807, 2.05) is 4.57 Å². The summed E-state index contributed by atoms with van der Waals surface area (Å²) in [5.74, 6) is 0.516. The molecule has 1 saturated heterocycles. The summed E-state index contributed by atoms with van der Waals surface area (Å²) in [5, 5.41) is 0. The largest absolute Gasteiger partial charge is 0.494 e. The first-order chi connectivity index (χ1) is 16.1. The van der Waals surface area contributed by atoms with Gasteiger partial charge in [-0.3, -0.25) is 4.79 Å². The number of likely N-dealkylation sites (N-methyl/N-ethyl adjacent to an activating group) is 1. The first-order valence-electron chi connectivity index (χ1n) is 11.9. The topological polar surface area (TPSA) is 50.6 Å². The number of Topliss-reactive ketones (excluding diaryl/α,β-unsaturated/α-hetero) is 1. The molecule has 0 bridgehead atoms. The van der Waals surface area contributed by atoms with Crippen molar-refractivity contribution in [3.8, 4) is 17.1 Å². The number of carbonyl (C=O) groups excluding carboxylic acids is 1. The van der Waals surface area contributed by atoms with Gasteiger partial charge >= 0.3 is 0 Å². The van der Waals surface area contributed by atoms with Crippen LogP contribution in [0.3, 0.4) is 0 Å². The lowest BCUT2D eigenvalue weighted by atomic mass is 9.90. The number of hydrogen-bond acceptors (Lipinski definition) is 5. The Hall–Kier alpha value is -2.93. The second-order valence-corrected chi connectivity index (χ2v) is 10.5. The van der Waals surface area contributed by atoms with Crippen molar-refractivity contribution >= 4 is 22.5 Å². The van der Waals surface area contributed by atoms with Gasteiger partial charge in [0.15, 0.2) is 17.3 Å². The van der Waals surface area contributed by atoms with Crippen molar-refractivity contribution in [1.29, 1.82) is 0 Å². The first-order valence-corrected chi connectivity index (χ1v) is 11.9. The number of benzene rings is 2. The lowest BCUT2D eigenvalue weighted by molar-refractivity contribution is -0.121. The van der Waals surface area contributed by atoms with E-state index in [4.69, 9.17) is 9.72 Å². The van der Waals surface area contributed by atoms with E-state index in [1.165, 1.54) is 13.2 Å². The molecule has 0 N–H and O–H groups in total. The number of hydrogen-bond donors (Lipinski definition) is 0. The number of halogens is 1. The number of fused-ring (bicyclic) bond motifs is 1. The molecule has 4 rings (SSSR count). The highest BCUT2D eigenvalue weighted by Gasteiger charge is 2.21. The molecule has 1 aromatic heterocycles. The van der Waals surface area contributed by atoms with Crippen molar-refractivity contribution in [3.63, 3.8) is 0 Å². The van der Waals surface area contributed by atoms with Crippen LogP contribution in [0.2, 0.25) is 0 Å². The van der Waals surface area contributed by atoms with E-state index in [2.05, 4.69) is 55.8 Å². The van der Waals surface area contributed by atoms with Crippen LogP contribution in [0.5, 0.6) is 5.75 Å². The Balaban J connectivity index is 1.77. The van der Waals surface area contributed by atoms with Gasteiger partial charge in [0.1, 0.15) is 5.82 Å². The predicted octanol–water partition coefficient (Wildman–Crippen LogP) is 5.00. The van der Waals surface area contributed by atoms with Crippen molar-refractivity contribution < 1.29 is 13.9 Å². The summed E-state index contributed by atoms with van der Waals surface area (Å²) in [6.07, 6.45) is 1.59. The normalized spacial score (nSPS) is 15.5. The summed E-state index contributed by atoms with van der Waals surface area (Å²) in [6.45, 7) is 10.5. The fourth-order valence-corrected chi connectivity index (χ4v) is 4.62. The van der Waals surface area contributed by atoms with Crippen molar-refractivity contribution in [1.82, 2.24) is 14.5 Å². The van der Waals surface area contributed by atoms with Crippen LogP contribution in [-0.2, 0) is 11.3 Å². The van der Waals surface area contributed by atoms with E-state index in [1.54, 1.807) is 12.1 Å². The second kappa shape index (κ2) is 9.74. The maximum atomic E-state index is 14.1. The Kier molecular flexibility index (Phi) is 6.94. The van der Waals surface area contributed by atoms with Gasteiger partial charge < -0.3 is 19.1 Å². The zero-order chi connectivity index (χ0) is 24.5. The minimum atomic E-state index is -0.425. The number of imidazole rings is 1. The summed E-state index contributed by atoms with van der Waals surface area (Å²) in [7, 11) is 3.61. The quantitative estimate of drug-likeness (QED) is 0.512. The highest BCUT2D eigenvalue weighted by molar-refractivity contribution is 5.87. The smallest absolute Gasteiger partial charge is 0.165 e. The predicted molar refractivity (Wildman–Crippen MR) is 135 cm³/mol. The van der Waals surface area contributed by atoms with Gasteiger partial charge in [-0.15, -0.1) is 0 Å². The third-order valence-electron chi connectivity index (χ3n) is 6.29. The molecule has 0 aliphatic carbocycles. The Morgan fingerprint density at radius 3 is 2.62 bits per heavy atom. The van der Waals surface area contributed by atoms with E-state index in [-0.39, 0.29) is 23.5 Å². The maximum Gasteiger partial charge on any atom is 0.165 e. The molecule has 1 aliphatic heterocycles. The van der Waals surface area contributed by atoms with Gasteiger partial charge in [0.25, 0.3) is 0 Å². The van der Waals surface area contributed by atoms with Crippen LogP contribution in [0.25, 0.3) is 22.4 Å². The van der Waals surface area contributed by atoms with Crippen LogP contribution >= 0.6 is 0 Å². The molecule has 3 aromatic rings. The molecule has 182 valence electrons. The lowest BCUT2D eigenvalue weighted by Gasteiger charge is -2.22. The number of carbonyl (C=O) groups is 1. The van der Waals surface area contributed by atoms with Crippen molar-refractivity contribution in [2.75, 3.05) is 45.2 Å². The van der Waals surface area contributed by atoms with Gasteiger partial charge in [-0.2, -0.15) is 0 Å². The molecule has 0 amide bonds. The molecule has 2 aromatic carbocycles. The molecule has 0 unspecified atom stereocenters. The van der Waals surface area contributed by atoms with Crippen LogP contribution in [0.1, 0.15) is 33.6 Å². The van der Waals surface area contributed by atoms with Gasteiger partial charge in [-0.25, -0.2) is 9.37 Å². The minimum Gasteiger partial charge on any atom is -0.494 e. The third kappa shape index (κ3) is 5.41. The van der Waals surface area contributed by atoms with Gasteiger partial charge in [0, 0.05) is 37.3 Å². The van der Waals surface area contributed by atoms with Crippen molar-refractivity contribution in [2.45, 2.75) is 40.2 Å². The number of anilines is 1. The van der Waals surface area contributed by atoms with Crippen LogP contribution in [-0.4, -0.2) is 60.6 Å². The molecule has 1 aliphatic rings. The van der Waals surface area contributed by atoms with E-state index >= 15 is 0 Å². The van der Waals surface area contributed by atoms with Crippen molar-refractivity contribution in [2.24, 2.45) is 5.41 Å². The molecule has 34 heavy (non-hydrogen) atoms. The second-order valence-electron chi connectivity index (χ2n) is 10.5. The molecular formula is C27H35FN4O2. The molecule has 0 spiro atoms. The molecule has 0 radical (unpaired) electrons. The number of nitrogens with zero attached hydrogens (tertiary/aromatic N) is 4. The fraction of sp³-hybridized carbons (Fsp3) is 0.481. The zero-order valence-corrected chi connectivity index (χ0v) is 20.9. The van der Waals surface area contributed by atoms with E-state index in [0.29, 0.717) is 12.2 Å². The highest BCUT2D eigenvalue weighted by atomic mass is 19.1. The van der Waals surface area contributed by atoms with E-state index < -0.39 is 5.82 Å². The maximum absolute atomic E-state index is 14.1. The summed E-state index contributed by atoms with van der Waals surface area (Å²) >= 11 is 0. The monoisotopic (exact) mass is 466 g/mol. The lowest BCUT2D eigenvalue weighted by Crippen LogP contribution is -2.28. The average Bonchev–Trinajstić information content (AvgIpc) is 2.96. The zero-order valence-electron chi connectivity index (χ0n) is 20.9. The van der Waals surface area contributed by atoms with Crippen LogP contribution < -0.4 is 9.64 Å². The van der Waals surface area contributed by atoms with Crippen molar-refractivity contribution in [3.05, 3.63) is 42.2 Å². The third-order valence-corrected chi connectivity index (χ3v) is 6.29. The van der Waals surface area contributed by atoms with Gasteiger partial charge in [-0.1, -0.05) is 20.8 Å². The summed E-state index contributed by atoms with van der Waals surface area (Å²) in [6, 6.07) is 11.0. The van der Waals surface area contributed by atoms with Gasteiger partial charge in [0.2, 0.25) is 0 Å². The fourth-order valence-electron chi connectivity index (χ4n) is 4.62. The molecule has 2 heterocycles. The Morgan fingerprint density at radius 2 is 1.88 bits per heavy atom. The Labute approximate surface area is 201 Å². The summed E-state index contributed by atoms with van der Waals surface area (Å²) in [4.78, 5) is 22.6. The molecule has 0 saturated carbocycles. The minimum absolute atomic E-state index is 0.0974. The Bertz CT molecular complexity index is 1180. The number of ether oxygens (including phenoxy) is 1. The number of ketones is 1. The summed E-state index contributed by atoms with van der Waals surface area (Å²) in [5.41, 5.74) is 3.49. The molecular weight excluding hydrogens is 431 g/mol. The first kappa shape index (κ1) is 24.2. The van der Waals surface area contributed by atoms with E-state index in [0.717, 1.165) is 54.9 Å². The molecule has 0 atom stereocenters.